The van der Waals surface area contributed by atoms with Gasteiger partial charge in [0, 0.05) is 15.6 Å². The molecule has 0 saturated carbocycles. The van der Waals surface area contributed by atoms with Crippen molar-refractivity contribution in [3.63, 3.8) is 0 Å². The summed E-state index contributed by atoms with van der Waals surface area (Å²) in [6, 6.07) is 7.71. The van der Waals surface area contributed by atoms with Crippen molar-refractivity contribution in [3.8, 4) is 23.8 Å². The zero-order valence-corrected chi connectivity index (χ0v) is 14.7. The number of phenols is 2. The van der Waals surface area contributed by atoms with Crippen LogP contribution in [-0.4, -0.2) is 22.3 Å². The van der Waals surface area contributed by atoms with Crippen LogP contribution in [0.4, 0.5) is 0 Å². The highest BCUT2D eigenvalue weighted by Crippen LogP contribution is 2.31. The highest BCUT2D eigenvalue weighted by Gasteiger charge is 2.14. The number of carbonyl (C=O) groups excluding carboxylic acids is 1. The first-order valence-electron chi connectivity index (χ1n) is 6.23. The van der Waals surface area contributed by atoms with E-state index in [1.165, 1.54) is 18.3 Å². The minimum atomic E-state index is -0.597. The van der Waals surface area contributed by atoms with Crippen LogP contribution in [0, 0.1) is 12.3 Å². The average molecular weight is 438 g/mol. The van der Waals surface area contributed by atoms with E-state index < -0.39 is 5.91 Å². The second kappa shape index (κ2) is 7.31. The van der Waals surface area contributed by atoms with Crippen molar-refractivity contribution in [2.75, 3.05) is 0 Å². The fourth-order valence-corrected chi connectivity index (χ4v) is 2.93. The number of hydrogen-bond acceptors (Lipinski definition) is 4. The molecule has 23 heavy (non-hydrogen) atoms. The largest absolute Gasteiger partial charge is 0.507 e. The maximum Gasteiger partial charge on any atom is 0.275 e. The maximum atomic E-state index is 12.0. The highest BCUT2D eigenvalue weighted by atomic mass is 79.9. The Kier molecular flexibility index (Phi) is 5.42. The first-order chi connectivity index (χ1) is 10.9. The van der Waals surface area contributed by atoms with E-state index in [0.29, 0.717) is 20.1 Å². The molecule has 0 fully saturated rings. The average Bonchev–Trinajstić information content (AvgIpc) is 2.52. The molecule has 2 aromatic carbocycles. The molecule has 0 spiro atoms. The molecule has 2 rings (SSSR count). The Morgan fingerprint density at radius 1 is 1.26 bits per heavy atom. The Morgan fingerprint density at radius 3 is 2.65 bits per heavy atom. The van der Waals surface area contributed by atoms with Gasteiger partial charge in [-0.1, -0.05) is 21.9 Å². The van der Waals surface area contributed by atoms with Gasteiger partial charge in [0.1, 0.15) is 11.5 Å². The van der Waals surface area contributed by atoms with E-state index in [9.17, 15) is 15.0 Å². The molecule has 0 saturated heterocycles. The molecule has 0 aliphatic heterocycles. The van der Waals surface area contributed by atoms with Gasteiger partial charge in [-0.3, -0.25) is 4.79 Å². The second-order valence-electron chi connectivity index (χ2n) is 4.40. The number of halogens is 2. The van der Waals surface area contributed by atoms with Gasteiger partial charge in [0.2, 0.25) is 0 Å². The molecule has 3 N–H and O–H groups in total. The molecular formula is C16H10Br2N2O3. The topological polar surface area (TPSA) is 81.9 Å². The molecule has 2 aromatic rings. The van der Waals surface area contributed by atoms with Gasteiger partial charge in [-0.05, 0) is 46.3 Å². The third kappa shape index (κ3) is 4.12. The lowest BCUT2D eigenvalue weighted by Crippen LogP contribution is -2.18. The lowest BCUT2D eigenvalue weighted by Gasteiger charge is -2.06. The number of benzene rings is 2. The van der Waals surface area contributed by atoms with Gasteiger partial charge in [0.05, 0.1) is 16.3 Å². The van der Waals surface area contributed by atoms with Gasteiger partial charge in [0.15, 0.2) is 0 Å². The van der Waals surface area contributed by atoms with E-state index in [1.807, 2.05) is 0 Å². The zero-order chi connectivity index (χ0) is 17.0. The van der Waals surface area contributed by atoms with Crippen molar-refractivity contribution in [2.45, 2.75) is 0 Å². The van der Waals surface area contributed by atoms with Gasteiger partial charge in [-0.25, -0.2) is 5.43 Å². The quantitative estimate of drug-likeness (QED) is 0.391. The zero-order valence-electron chi connectivity index (χ0n) is 11.5. The molecule has 0 atom stereocenters. The molecule has 0 aliphatic rings. The van der Waals surface area contributed by atoms with Crippen molar-refractivity contribution >= 4 is 44.0 Å². The third-order valence-electron chi connectivity index (χ3n) is 2.84. The highest BCUT2D eigenvalue weighted by molar-refractivity contribution is 9.11. The van der Waals surface area contributed by atoms with E-state index in [4.69, 9.17) is 6.42 Å². The van der Waals surface area contributed by atoms with Crippen molar-refractivity contribution in [3.05, 3.63) is 56.0 Å². The van der Waals surface area contributed by atoms with Crippen LogP contribution in [0.5, 0.6) is 11.5 Å². The number of amides is 1. The summed E-state index contributed by atoms with van der Waals surface area (Å²) in [4.78, 5) is 12.0. The van der Waals surface area contributed by atoms with Crippen molar-refractivity contribution in [1.29, 1.82) is 0 Å². The predicted molar refractivity (Wildman–Crippen MR) is 94.6 cm³/mol. The van der Waals surface area contributed by atoms with E-state index >= 15 is 0 Å². The van der Waals surface area contributed by atoms with Gasteiger partial charge < -0.3 is 10.2 Å². The van der Waals surface area contributed by atoms with Crippen LogP contribution in [0.2, 0.25) is 0 Å². The second-order valence-corrected chi connectivity index (χ2v) is 6.17. The van der Waals surface area contributed by atoms with E-state index in [2.05, 4.69) is 48.3 Å². The molecule has 0 aromatic heterocycles. The Morgan fingerprint density at radius 2 is 2.00 bits per heavy atom. The molecule has 0 radical (unpaired) electrons. The fourth-order valence-electron chi connectivity index (χ4n) is 1.70. The van der Waals surface area contributed by atoms with Crippen LogP contribution in [0.3, 0.4) is 0 Å². The first-order valence-corrected chi connectivity index (χ1v) is 7.82. The lowest BCUT2D eigenvalue weighted by molar-refractivity contribution is 0.0952. The van der Waals surface area contributed by atoms with Gasteiger partial charge in [-0.15, -0.1) is 6.42 Å². The van der Waals surface area contributed by atoms with Crippen LogP contribution in [0.1, 0.15) is 21.5 Å². The Bertz CT molecular complexity index is 842. The maximum absolute atomic E-state index is 12.0. The summed E-state index contributed by atoms with van der Waals surface area (Å²) in [5.74, 6) is 1.56. The molecule has 116 valence electrons. The fraction of sp³-hybridized carbons (Fsp3) is 0. The normalized spacial score (nSPS) is 10.5. The van der Waals surface area contributed by atoms with Gasteiger partial charge in [0.25, 0.3) is 5.91 Å². The molecule has 5 nitrogen and oxygen atoms in total. The van der Waals surface area contributed by atoms with Gasteiger partial charge in [-0.2, -0.15) is 5.10 Å². The predicted octanol–water partition coefficient (Wildman–Crippen LogP) is 3.37. The van der Waals surface area contributed by atoms with Gasteiger partial charge >= 0.3 is 0 Å². The summed E-state index contributed by atoms with van der Waals surface area (Å²) >= 11 is 6.38. The summed E-state index contributed by atoms with van der Waals surface area (Å²) in [5, 5.41) is 23.4. The van der Waals surface area contributed by atoms with Crippen molar-refractivity contribution < 1.29 is 15.0 Å². The number of nitrogens with zero attached hydrogens (tertiary/aromatic N) is 1. The van der Waals surface area contributed by atoms with E-state index in [1.54, 1.807) is 18.2 Å². The Hall–Kier alpha value is -2.30. The minimum absolute atomic E-state index is 0.0495. The third-order valence-corrected chi connectivity index (χ3v) is 3.90. The molecule has 1 amide bonds. The number of hydrogen-bond donors (Lipinski definition) is 3. The number of aromatic hydroxyl groups is 2. The van der Waals surface area contributed by atoms with Crippen LogP contribution in [-0.2, 0) is 0 Å². The summed E-state index contributed by atoms with van der Waals surface area (Å²) < 4.78 is 1.00. The summed E-state index contributed by atoms with van der Waals surface area (Å²) in [6.45, 7) is 0. The molecule has 0 bridgehead atoms. The number of hydrazone groups is 1. The van der Waals surface area contributed by atoms with Crippen LogP contribution < -0.4 is 5.43 Å². The first kappa shape index (κ1) is 17.1. The van der Waals surface area contributed by atoms with Crippen LogP contribution in [0.25, 0.3) is 0 Å². The smallest absolute Gasteiger partial charge is 0.275 e. The molecular weight excluding hydrogens is 428 g/mol. The molecule has 7 heteroatoms. The number of terminal acetylenes is 1. The number of carbonyl (C=O) groups is 1. The van der Waals surface area contributed by atoms with E-state index in [0.717, 1.165) is 0 Å². The molecule has 0 heterocycles. The van der Waals surface area contributed by atoms with E-state index in [-0.39, 0.29) is 17.1 Å². The Balaban J connectivity index is 2.15. The summed E-state index contributed by atoms with van der Waals surface area (Å²) in [6.07, 6.45) is 6.50. The van der Waals surface area contributed by atoms with Crippen molar-refractivity contribution in [1.82, 2.24) is 5.43 Å². The standard InChI is InChI=1S/C16H10Br2N2O3/c1-2-9-3-4-10(14(21)5-9)8-19-20-16(23)12-6-11(17)7-13(18)15(12)22/h1,3-8,21-22H,(H,20,23). The van der Waals surface area contributed by atoms with Crippen LogP contribution in [0.15, 0.2) is 44.4 Å². The molecule has 0 unspecified atom stereocenters. The number of nitrogens with one attached hydrogen (secondary N) is 1. The number of phenolic OH excluding ortho intramolecular Hbond substituents is 2. The summed E-state index contributed by atoms with van der Waals surface area (Å²) in [5.41, 5.74) is 3.25. The monoisotopic (exact) mass is 436 g/mol. The Labute approximate surface area is 149 Å². The number of rotatable bonds is 3. The SMILES string of the molecule is C#Cc1ccc(C=NNC(=O)c2cc(Br)cc(Br)c2O)c(O)c1. The van der Waals surface area contributed by atoms with Crippen LogP contribution >= 0.6 is 31.9 Å². The summed E-state index contributed by atoms with van der Waals surface area (Å²) in [7, 11) is 0. The lowest BCUT2D eigenvalue weighted by atomic mass is 10.1. The minimum Gasteiger partial charge on any atom is -0.507 e. The molecule has 0 aliphatic carbocycles. The van der Waals surface area contributed by atoms with Crippen molar-refractivity contribution in [2.24, 2.45) is 5.10 Å².